The van der Waals surface area contributed by atoms with Crippen LogP contribution in [0.2, 0.25) is 0 Å². The van der Waals surface area contributed by atoms with Crippen LogP contribution >= 0.6 is 0 Å². The van der Waals surface area contributed by atoms with Crippen molar-refractivity contribution in [3.05, 3.63) is 30.1 Å². The van der Waals surface area contributed by atoms with Gasteiger partial charge in [0.1, 0.15) is 11.6 Å². The monoisotopic (exact) mass is 397 g/mol. The first-order valence-corrected chi connectivity index (χ1v) is 9.59. The van der Waals surface area contributed by atoms with E-state index in [1.54, 1.807) is 19.1 Å². The highest BCUT2D eigenvalue weighted by molar-refractivity contribution is 5.81. The Hall–Kier alpha value is -2.19. The summed E-state index contributed by atoms with van der Waals surface area (Å²) < 4.78 is 34.0. The van der Waals surface area contributed by atoms with Crippen molar-refractivity contribution in [2.75, 3.05) is 33.0 Å². The van der Waals surface area contributed by atoms with Gasteiger partial charge in [-0.15, -0.1) is 0 Å². The van der Waals surface area contributed by atoms with Crippen LogP contribution in [0, 0.1) is 5.82 Å². The van der Waals surface area contributed by atoms with E-state index in [2.05, 4.69) is 5.32 Å². The van der Waals surface area contributed by atoms with Gasteiger partial charge in [-0.3, -0.25) is 4.79 Å². The molecule has 8 heteroatoms. The zero-order chi connectivity index (χ0) is 20.2. The summed E-state index contributed by atoms with van der Waals surface area (Å²) in [6.45, 7) is 3.26. The second kappa shape index (κ2) is 12.3. The molecular weight excluding hydrogens is 369 g/mol. The maximum absolute atomic E-state index is 12.8. The van der Waals surface area contributed by atoms with Crippen LogP contribution in [0.3, 0.4) is 0 Å². The van der Waals surface area contributed by atoms with Gasteiger partial charge in [-0.1, -0.05) is 0 Å². The quantitative estimate of drug-likeness (QED) is 0.430. The molecule has 1 aromatic rings. The van der Waals surface area contributed by atoms with Crippen LogP contribution in [0.25, 0.3) is 0 Å². The van der Waals surface area contributed by atoms with Crippen LogP contribution < -0.4 is 10.1 Å². The minimum atomic E-state index is -0.736. The van der Waals surface area contributed by atoms with E-state index in [9.17, 15) is 14.0 Å². The van der Waals surface area contributed by atoms with E-state index < -0.39 is 12.1 Å². The highest BCUT2D eigenvalue weighted by atomic mass is 19.1. The van der Waals surface area contributed by atoms with E-state index in [-0.39, 0.29) is 24.4 Å². The number of carbonyl (C=O) groups excluding carboxylic acids is 2. The lowest BCUT2D eigenvalue weighted by atomic mass is 10.2. The zero-order valence-corrected chi connectivity index (χ0v) is 16.2. The van der Waals surface area contributed by atoms with Gasteiger partial charge in [0.2, 0.25) is 0 Å². The van der Waals surface area contributed by atoms with Crippen molar-refractivity contribution in [1.82, 2.24) is 5.32 Å². The summed E-state index contributed by atoms with van der Waals surface area (Å²) in [5.74, 6) is -0.632. The molecule has 2 atom stereocenters. The fourth-order valence-electron chi connectivity index (χ4n) is 2.58. The highest BCUT2D eigenvalue weighted by Crippen LogP contribution is 2.13. The Morgan fingerprint density at radius 3 is 2.79 bits per heavy atom. The van der Waals surface area contributed by atoms with Crippen LogP contribution in [0.4, 0.5) is 4.39 Å². The predicted octanol–water partition coefficient (Wildman–Crippen LogP) is 2.23. The van der Waals surface area contributed by atoms with Gasteiger partial charge < -0.3 is 24.3 Å². The summed E-state index contributed by atoms with van der Waals surface area (Å²) in [5, 5.41) is 2.68. The smallest absolute Gasteiger partial charge is 0.335 e. The standard InChI is InChI=1S/C20H28FNO6/c1-15(27-13-18-5-4-12-26-18)20(24)28-14-19(23)22-10-2-3-11-25-17-8-6-16(21)7-9-17/h6-9,15,18H,2-5,10-14H2,1H3,(H,22,23). The highest BCUT2D eigenvalue weighted by Gasteiger charge is 2.21. The largest absolute Gasteiger partial charge is 0.494 e. The lowest BCUT2D eigenvalue weighted by molar-refractivity contribution is -0.160. The molecule has 1 saturated heterocycles. The molecule has 156 valence electrons. The van der Waals surface area contributed by atoms with E-state index in [0.717, 1.165) is 25.9 Å². The van der Waals surface area contributed by atoms with E-state index in [4.69, 9.17) is 18.9 Å². The lowest BCUT2D eigenvalue weighted by Gasteiger charge is -2.15. The number of amides is 1. The molecule has 2 rings (SSSR count). The number of halogens is 1. The molecular formula is C20H28FNO6. The molecule has 7 nitrogen and oxygen atoms in total. The molecule has 1 aliphatic heterocycles. The fourth-order valence-corrected chi connectivity index (χ4v) is 2.58. The van der Waals surface area contributed by atoms with E-state index >= 15 is 0 Å². The topological polar surface area (TPSA) is 83.1 Å². The van der Waals surface area contributed by atoms with Crippen molar-refractivity contribution in [3.8, 4) is 5.75 Å². The summed E-state index contributed by atoms with van der Waals surface area (Å²) in [6.07, 6.45) is 2.67. The molecule has 2 unspecified atom stereocenters. The molecule has 1 aliphatic rings. The first kappa shape index (κ1) is 22.1. The number of unbranched alkanes of at least 4 members (excludes halogenated alkanes) is 1. The molecule has 0 spiro atoms. The summed E-state index contributed by atoms with van der Waals surface area (Å²) >= 11 is 0. The van der Waals surface area contributed by atoms with Crippen LogP contribution in [-0.4, -0.2) is 57.1 Å². The van der Waals surface area contributed by atoms with Crippen LogP contribution in [0.1, 0.15) is 32.6 Å². The van der Waals surface area contributed by atoms with Gasteiger partial charge in [0.15, 0.2) is 12.7 Å². The Balaban J connectivity index is 1.46. The SMILES string of the molecule is CC(OCC1CCCO1)C(=O)OCC(=O)NCCCCOc1ccc(F)cc1. The van der Waals surface area contributed by atoms with E-state index in [0.29, 0.717) is 31.9 Å². The number of benzene rings is 1. The van der Waals surface area contributed by atoms with Crippen LogP contribution in [0.15, 0.2) is 24.3 Å². The molecule has 1 aromatic carbocycles. The Morgan fingerprint density at radius 1 is 1.29 bits per heavy atom. The number of rotatable bonds is 12. The molecule has 1 amide bonds. The molecule has 0 saturated carbocycles. The van der Waals surface area contributed by atoms with Gasteiger partial charge in [0, 0.05) is 13.2 Å². The number of hydrogen-bond donors (Lipinski definition) is 1. The van der Waals surface area contributed by atoms with E-state index in [1.807, 2.05) is 0 Å². The van der Waals surface area contributed by atoms with E-state index in [1.165, 1.54) is 12.1 Å². The van der Waals surface area contributed by atoms with Gasteiger partial charge in [0.25, 0.3) is 5.91 Å². The van der Waals surface area contributed by atoms with Gasteiger partial charge >= 0.3 is 5.97 Å². The second-order valence-electron chi connectivity index (χ2n) is 6.58. The third-order valence-electron chi connectivity index (χ3n) is 4.21. The van der Waals surface area contributed by atoms with Gasteiger partial charge in [0.05, 0.1) is 19.3 Å². The second-order valence-corrected chi connectivity index (χ2v) is 6.58. The van der Waals surface area contributed by atoms with Crippen molar-refractivity contribution < 1.29 is 32.9 Å². The molecule has 1 N–H and O–H groups in total. The summed E-state index contributed by atoms with van der Waals surface area (Å²) in [7, 11) is 0. The Labute approximate surface area is 164 Å². The maximum atomic E-state index is 12.8. The maximum Gasteiger partial charge on any atom is 0.335 e. The third kappa shape index (κ3) is 8.67. The van der Waals surface area contributed by atoms with Gasteiger partial charge in [-0.05, 0) is 56.9 Å². The van der Waals surface area contributed by atoms with Crippen LogP contribution in [-0.2, 0) is 23.8 Å². The number of ether oxygens (including phenoxy) is 4. The summed E-state index contributed by atoms with van der Waals surface area (Å²) in [4.78, 5) is 23.5. The number of nitrogens with one attached hydrogen (secondary N) is 1. The molecule has 0 bridgehead atoms. The molecule has 28 heavy (non-hydrogen) atoms. The normalized spacial score (nSPS) is 17.1. The minimum absolute atomic E-state index is 0.0329. The third-order valence-corrected chi connectivity index (χ3v) is 4.21. The average molecular weight is 397 g/mol. The van der Waals surface area contributed by atoms with Crippen molar-refractivity contribution in [1.29, 1.82) is 0 Å². The Morgan fingerprint density at radius 2 is 2.07 bits per heavy atom. The van der Waals surface area contributed by atoms with Crippen LogP contribution in [0.5, 0.6) is 5.75 Å². The molecule has 0 aliphatic carbocycles. The molecule has 1 heterocycles. The van der Waals surface area contributed by atoms with Crippen molar-refractivity contribution in [2.24, 2.45) is 0 Å². The van der Waals surface area contributed by atoms with Crippen molar-refractivity contribution >= 4 is 11.9 Å². The summed E-state index contributed by atoms with van der Waals surface area (Å²) in [6, 6.07) is 5.81. The number of carbonyl (C=O) groups is 2. The molecule has 1 fully saturated rings. The fraction of sp³-hybridized carbons (Fsp3) is 0.600. The summed E-state index contributed by atoms with van der Waals surface area (Å²) in [5.41, 5.74) is 0. The van der Waals surface area contributed by atoms with Gasteiger partial charge in [-0.25, -0.2) is 9.18 Å². The molecule has 0 radical (unpaired) electrons. The Bertz CT molecular complexity index is 603. The first-order chi connectivity index (χ1) is 13.5. The van der Waals surface area contributed by atoms with Crippen molar-refractivity contribution in [2.45, 2.75) is 44.8 Å². The number of hydrogen-bond acceptors (Lipinski definition) is 6. The average Bonchev–Trinajstić information content (AvgIpc) is 3.22. The predicted molar refractivity (Wildman–Crippen MR) is 99.5 cm³/mol. The number of esters is 1. The molecule has 0 aromatic heterocycles. The van der Waals surface area contributed by atoms with Gasteiger partial charge in [-0.2, -0.15) is 0 Å². The minimum Gasteiger partial charge on any atom is -0.494 e. The van der Waals surface area contributed by atoms with Crippen molar-refractivity contribution in [3.63, 3.8) is 0 Å². The first-order valence-electron chi connectivity index (χ1n) is 9.59. The lowest BCUT2D eigenvalue weighted by Crippen LogP contribution is -2.33. The zero-order valence-electron chi connectivity index (χ0n) is 16.2. The Kier molecular flexibility index (Phi) is 9.71.